The van der Waals surface area contributed by atoms with Gasteiger partial charge in [0.25, 0.3) is 0 Å². The maximum absolute atomic E-state index is 14.9. The first-order valence-corrected chi connectivity index (χ1v) is 54.2. The lowest BCUT2D eigenvalue weighted by atomic mass is 10.2. The summed E-state index contributed by atoms with van der Waals surface area (Å²) in [6.07, 6.45) is -6.71. The quantitative estimate of drug-likeness (QED) is 0.0120. The lowest BCUT2D eigenvalue weighted by Gasteiger charge is -2.37. The highest BCUT2D eigenvalue weighted by Crippen LogP contribution is 2.69. The maximum atomic E-state index is 14.9. The van der Waals surface area contributed by atoms with Gasteiger partial charge in [-0.15, -0.1) is 0 Å². The van der Waals surface area contributed by atoms with Gasteiger partial charge in [-0.25, -0.2) is 75.9 Å². The lowest BCUT2D eigenvalue weighted by Crippen LogP contribution is -2.45. The van der Waals surface area contributed by atoms with E-state index in [2.05, 4.69) is 104 Å². The van der Waals surface area contributed by atoms with Gasteiger partial charge in [-0.3, -0.25) is 95.3 Å². The number of rotatable bonds is 65. The molecule has 0 aliphatic carbocycles. The first-order chi connectivity index (χ1) is 62.7. The van der Waals surface area contributed by atoms with Crippen LogP contribution in [0.3, 0.4) is 0 Å². The van der Waals surface area contributed by atoms with Gasteiger partial charge >= 0.3 is 48.3 Å². The molecule has 0 aliphatic heterocycles. The molecule has 0 fully saturated rings. The molecular weight excluding hydrogens is 1890 g/mol. The van der Waals surface area contributed by atoms with E-state index in [4.69, 9.17) is 103 Å². The van der Waals surface area contributed by atoms with Crippen molar-refractivity contribution in [1.82, 2.24) is 104 Å². The van der Waals surface area contributed by atoms with Crippen molar-refractivity contribution >= 4 is 117 Å². The van der Waals surface area contributed by atoms with Gasteiger partial charge in [-0.1, -0.05) is 0 Å². The third-order valence-corrected chi connectivity index (χ3v) is 35.0. The SMILES string of the molecule is CCOC(=O)CNP(=NC)(N=P(N=P(N=P(N=P(N=P(C)(NC(C)COCCOC)NC(C)COCCOC)(NCCC(=O)NNC(=O)OC(C)(C)C)NC(C)COCCOC)(NCCC(=O)NNC(=O)OC(C)(C)C)NCCC(=O)NNC(=O)OC(C)(C)C)(NCC(=O)OCC)NC(C)COCCOC)(NCCC(=O)NNC(=O)OC(C)(C)C)NCC(=O)OCC)NCC(=O)OCC. The Hall–Kier alpha value is -6.58. The van der Waals surface area contributed by atoms with Gasteiger partial charge in [0, 0.05) is 112 Å². The average Bonchev–Trinajstić information content (AvgIpc) is 0.755. The van der Waals surface area contributed by atoms with E-state index >= 15 is 0 Å². The summed E-state index contributed by atoms with van der Waals surface area (Å²) in [5.74, 6) is -7.24. The van der Waals surface area contributed by atoms with Crippen molar-refractivity contribution in [1.29, 1.82) is 0 Å². The standard InChI is InChI=1S/C74H158N26O28P6/c1-27-121-63(105)47-80-130(75-21,81-48-64(106)122-28-2)97-132(82-49-65(107)123-29-3,78-37-33-61(103)86-90-69(111)127-73(15,16)17)100-134(83-50-66(108)124-30-4,95-58(8)54-120-46-42-116-25)99-131(76-35-31-59(101)84-88-67(109)125-71(9,10)11,77-36-32-60(102)85-89-68(110)126-72(12,13)14)98-133(94-57(7)53-119-45-41-115-24,79-38-34-62(104)87-91-70(112)128-74(18,19)20)96-129(26,92-55(5)51-117-43-39-113-22)93-56(6)52-118-44-40-114-23/h55-58,76-83,92-95H,27-54H2,1-26H3,(H,84,101)(H,85,102)(H,86,103)(H,87,104)(H,88,109)(H,89,110)(H,90,111)(H,91,112). The van der Waals surface area contributed by atoms with E-state index in [-0.39, 0.29) is 106 Å². The van der Waals surface area contributed by atoms with E-state index in [1.54, 1.807) is 117 Å². The van der Waals surface area contributed by atoms with E-state index in [0.29, 0.717) is 0 Å². The minimum absolute atomic E-state index is 0.0188. The van der Waals surface area contributed by atoms with Crippen LogP contribution in [-0.2, 0) is 114 Å². The first-order valence-electron chi connectivity index (χ1n) is 43.5. The van der Waals surface area contributed by atoms with E-state index < -0.39 is 241 Å². The van der Waals surface area contributed by atoms with Crippen molar-refractivity contribution in [2.24, 2.45) is 27.3 Å². The molecule has 7 unspecified atom stereocenters. The molecular formula is C74H158N26O28P6. The molecule has 782 valence electrons. The third-order valence-electron chi connectivity index (χ3n) is 15.1. The van der Waals surface area contributed by atoms with Gasteiger partial charge < -0.3 is 75.8 Å². The molecule has 20 N–H and O–H groups in total. The van der Waals surface area contributed by atoms with Crippen LogP contribution in [0.15, 0.2) is 27.3 Å². The molecule has 0 bridgehead atoms. The number of nitrogens with one attached hydrogen (secondary N) is 20. The zero-order valence-electron chi connectivity index (χ0n) is 82.9. The van der Waals surface area contributed by atoms with Gasteiger partial charge in [0.05, 0.1) is 113 Å². The molecule has 134 heavy (non-hydrogen) atoms. The minimum atomic E-state index is -5.13. The van der Waals surface area contributed by atoms with Crippen LogP contribution in [0.2, 0.25) is 0 Å². The summed E-state index contributed by atoms with van der Waals surface area (Å²) in [6, 6.07) is -3.36. The molecule has 7 atom stereocenters. The number of hydrogen-bond donors (Lipinski definition) is 20. The fraction of sp³-hybridized carbons (Fsp3) is 0.838. The number of carbonyl (C=O) groups excluding carboxylic acids is 12. The second-order valence-corrected chi connectivity index (χ2v) is 48.4. The number of methoxy groups -OCH3 is 4. The molecule has 0 heterocycles. The van der Waals surface area contributed by atoms with Gasteiger partial charge in [0.15, 0.2) is 0 Å². The lowest BCUT2D eigenvalue weighted by molar-refractivity contribution is -0.142. The normalized spacial score (nSPS) is 14.6. The summed E-state index contributed by atoms with van der Waals surface area (Å²) in [7, 11) is -20.8. The zero-order chi connectivity index (χ0) is 102. The maximum Gasteiger partial charge on any atom is 0.426 e. The Morgan fingerprint density at radius 2 is 0.507 bits per heavy atom. The van der Waals surface area contributed by atoms with Crippen molar-refractivity contribution in [2.45, 2.75) is 211 Å². The van der Waals surface area contributed by atoms with Crippen molar-refractivity contribution in [3.63, 3.8) is 0 Å². The highest BCUT2D eigenvalue weighted by atomic mass is 31.3. The van der Waals surface area contributed by atoms with Gasteiger partial charge in [-0.2, -0.15) is 18.1 Å². The summed E-state index contributed by atoms with van der Waals surface area (Å²) < 4.78 is 124. The molecule has 0 aromatic rings. The van der Waals surface area contributed by atoms with Crippen molar-refractivity contribution < 1.29 is 133 Å². The van der Waals surface area contributed by atoms with Crippen molar-refractivity contribution in [3.05, 3.63) is 0 Å². The van der Waals surface area contributed by atoms with Gasteiger partial charge in [0.1, 0.15) is 48.6 Å². The number of esters is 4. The molecule has 0 aromatic heterocycles. The Morgan fingerprint density at radius 3 is 0.754 bits per heavy atom. The van der Waals surface area contributed by atoms with Crippen LogP contribution in [-0.4, -0.2) is 319 Å². The van der Waals surface area contributed by atoms with Crippen molar-refractivity contribution in [2.75, 3.05) is 200 Å². The summed E-state index contributed by atoms with van der Waals surface area (Å²) in [4.78, 5) is 168. The second-order valence-electron chi connectivity index (χ2n) is 32.9. The fourth-order valence-electron chi connectivity index (χ4n) is 10.2. The van der Waals surface area contributed by atoms with Crippen LogP contribution in [0.1, 0.15) is 164 Å². The Bertz CT molecular complexity index is 3850. The molecule has 0 aliphatic rings. The number of amides is 8. The largest absolute Gasteiger partial charge is 0.465 e. The second kappa shape index (κ2) is 67.7. The van der Waals surface area contributed by atoms with Crippen LogP contribution in [0.4, 0.5) is 19.2 Å². The van der Waals surface area contributed by atoms with E-state index in [1.165, 1.54) is 49.3 Å². The highest BCUT2D eigenvalue weighted by molar-refractivity contribution is 7.82. The average molecular weight is 2050 g/mol. The van der Waals surface area contributed by atoms with E-state index in [0.717, 1.165) is 0 Å². The zero-order valence-corrected chi connectivity index (χ0v) is 88.3. The molecule has 60 heteroatoms. The van der Waals surface area contributed by atoms with Crippen LogP contribution in [0.5, 0.6) is 0 Å². The fourth-order valence-corrected chi connectivity index (χ4v) is 32.4. The van der Waals surface area contributed by atoms with Crippen LogP contribution in [0.25, 0.3) is 0 Å². The predicted molar refractivity (Wildman–Crippen MR) is 508 cm³/mol. The molecule has 0 saturated carbocycles. The number of carbonyl (C=O) groups is 12. The molecule has 0 aromatic carbocycles. The minimum Gasteiger partial charge on any atom is -0.465 e. The van der Waals surface area contributed by atoms with Crippen LogP contribution >= 0.6 is 44.9 Å². The smallest absolute Gasteiger partial charge is 0.426 e. The third kappa shape index (κ3) is 63.8. The molecule has 0 radical (unpaired) electrons. The Kier molecular flexibility index (Phi) is 64.4. The van der Waals surface area contributed by atoms with Crippen LogP contribution < -0.4 is 104 Å². The highest BCUT2D eigenvalue weighted by Gasteiger charge is 2.40. The van der Waals surface area contributed by atoms with E-state index in [1.807, 2.05) is 13.8 Å². The Balaban J connectivity index is 12.8. The summed E-state index contributed by atoms with van der Waals surface area (Å²) in [6.45, 7) is 28.1. The molecule has 8 amide bonds. The molecule has 54 nitrogen and oxygen atoms in total. The Morgan fingerprint density at radius 1 is 0.291 bits per heavy atom. The molecule has 0 spiro atoms. The topological polar surface area (TPSA) is 667 Å². The van der Waals surface area contributed by atoms with Gasteiger partial charge in [0.2, 0.25) is 61.2 Å². The van der Waals surface area contributed by atoms with Crippen LogP contribution in [0, 0.1) is 0 Å². The van der Waals surface area contributed by atoms with Crippen molar-refractivity contribution in [3.8, 4) is 0 Å². The number of hydrogen-bond acceptors (Lipinski definition) is 29. The monoisotopic (exact) mass is 2050 g/mol. The number of nitrogens with zero attached hydrogens (tertiary/aromatic N) is 6. The van der Waals surface area contributed by atoms with Gasteiger partial charge in [-0.05, 0) is 145 Å². The summed E-state index contributed by atoms with van der Waals surface area (Å²) in [5.41, 5.74) is 14.2. The summed E-state index contributed by atoms with van der Waals surface area (Å²) in [5, 5.41) is 40.6. The van der Waals surface area contributed by atoms with E-state index in [9.17, 15) is 57.5 Å². The number of hydrazine groups is 4. The molecule has 0 saturated heterocycles. The Labute approximate surface area is 789 Å². The summed E-state index contributed by atoms with van der Waals surface area (Å²) >= 11 is 0. The predicted octanol–water partition coefficient (Wildman–Crippen LogP) is 5.33. The first kappa shape index (κ1) is 127. The number of ether oxygens (including phenoxy) is 16. The molecule has 0 rings (SSSR count).